The highest BCUT2D eigenvalue weighted by molar-refractivity contribution is 5.75. The maximum Gasteiger partial charge on any atom is 0.219 e. The van der Waals surface area contributed by atoms with E-state index in [4.69, 9.17) is 0 Å². The standard InChI is InChI=1S/C24H50N2O/c1-23(2)19-15-13-11-9-7-5-6-8-10-12-14-16-20-24(27)25-21-17-18-22-26(3)4/h23H,5-22H2,1-4H3,(H,25,27). The molecule has 0 radical (unpaired) electrons. The number of nitrogens with one attached hydrogen (secondary N) is 1. The Morgan fingerprint density at radius 3 is 1.67 bits per heavy atom. The van der Waals surface area contributed by atoms with Gasteiger partial charge in [0.05, 0.1) is 0 Å². The predicted octanol–water partition coefficient (Wildman–Crippen LogP) is 6.56. The molecular weight excluding hydrogens is 332 g/mol. The maximum absolute atomic E-state index is 11.8. The zero-order valence-corrected chi connectivity index (χ0v) is 19.2. The molecule has 0 heterocycles. The van der Waals surface area contributed by atoms with E-state index < -0.39 is 0 Å². The normalized spacial score (nSPS) is 11.5. The first-order chi connectivity index (χ1) is 13.0. The van der Waals surface area contributed by atoms with E-state index >= 15 is 0 Å². The van der Waals surface area contributed by atoms with Crippen LogP contribution in [0.25, 0.3) is 0 Å². The molecule has 0 saturated heterocycles. The van der Waals surface area contributed by atoms with Gasteiger partial charge in [0, 0.05) is 13.0 Å². The molecule has 0 rings (SSSR count). The highest BCUT2D eigenvalue weighted by Crippen LogP contribution is 2.14. The van der Waals surface area contributed by atoms with Crippen molar-refractivity contribution in [2.45, 2.75) is 117 Å². The summed E-state index contributed by atoms with van der Waals surface area (Å²) >= 11 is 0. The Kier molecular flexibility index (Phi) is 19.7. The molecule has 0 aromatic heterocycles. The molecule has 0 aromatic rings. The van der Waals surface area contributed by atoms with Gasteiger partial charge in [-0.3, -0.25) is 4.79 Å². The topological polar surface area (TPSA) is 32.3 Å². The molecule has 27 heavy (non-hydrogen) atoms. The van der Waals surface area contributed by atoms with Crippen molar-refractivity contribution in [2.75, 3.05) is 27.2 Å². The number of unbranched alkanes of at least 4 members (excludes halogenated alkanes) is 12. The Morgan fingerprint density at radius 2 is 1.19 bits per heavy atom. The summed E-state index contributed by atoms with van der Waals surface area (Å²) in [6.07, 6.45) is 20.6. The lowest BCUT2D eigenvalue weighted by Crippen LogP contribution is -2.24. The monoisotopic (exact) mass is 382 g/mol. The van der Waals surface area contributed by atoms with Gasteiger partial charge in [-0.05, 0) is 45.8 Å². The Hall–Kier alpha value is -0.570. The number of nitrogens with zero attached hydrogens (tertiary/aromatic N) is 1. The highest BCUT2D eigenvalue weighted by atomic mass is 16.1. The Bertz CT molecular complexity index is 316. The summed E-state index contributed by atoms with van der Waals surface area (Å²) in [6.45, 7) is 6.59. The molecule has 3 nitrogen and oxygen atoms in total. The van der Waals surface area contributed by atoms with E-state index in [-0.39, 0.29) is 5.91 Å². The van der Waals surface area contributed by atoms with E-state index in [1.165, 1.54) is 77.0 Å². The average Bonchev–Trinajstić information content (AvgIpc) is 2.61. The number of carbonyl (C=O) groups is 1. The van der Waals surface area contributed by atoms with E-state index in [0.29, 0.717) is 6.42 Å². The number of hydrogen-bond donors (Lipinski definition) is 1. The Labute approximate surface area is 171 Å². The molecule has 1 amide bonds. The maximum atomic E-state index is 11.8. The third-order valence-electron chi connectivity index (χ3n) is 5.29. The van der Waals surface area contributed by atoms with Crippen LogP contribution in [0.4, 0.5) is 0 Å². The number of rotatable bonds is 20. The van der Waals surface area contributed by atoms with Crippen molar-refractivity contribution < 1.29 is 4.79 Å². The average molecular weight is 383 g/mol. The van der Waals surface area contributed by atoms with Crippen molar-refractivity contribution in [1.82, 2.24) is 10.2 Å². The fraction of sp³-hybridized carbons (Fsp3) is 0.958. The fourth-order valence-electron chi connectivity index (χ4n) is 3.48. The van der Waals surface area contributed by atoms with Gasteiger partial charge < -0.3 is 10.2 Å². The molecule has 0 spiro atoms. The molecule has 162 valence electrons. The third-order valence-corrected chi connectivity index (χ3v) is 5.29. The van der Waals surface area contributed by atoms with Crippen molar-refractivity contribution in [3.63, 3.8) is 0 Å². The first-order valence-electron chi connectivity index (χ1n) is 11.9. The van der Waals surface area contributed by atoms with E-state index in [2.05, 4.69) is 38.2 Å². The van der Waals surface area contributed by atoms with Gasteiger partial charge in [0.25, 0.3) is 0 Å². The van der Waals surface area contributed by atoms with Crippen LogP contribution < -0.4 is 5.32 Å². The summed E-state index contributed by atoms with van der Waals surface area (Å²) in [6, 6.07) is 0. The predicted molar refractivity (Wildman–Crippen MR) is 120 cm³/mol. The van der Waals surface area contributed by atoms with Crippen LogP contribution in [-0.2, 0) is 4.79 Å². The highest BCUT2D eigenvalue weighted by Gasteiger charge is 2.01. The molecular formula is C24H50N2O. The second-order valence-electron chi connectivity index (χ2n) is 9.04. The minimum atomic E-state index is 0.244. The lowest BCUT2D eigenvalue weighted by Gasteiger charge is -2.09. The van der Waals surface area contributed by atoms with E-state index in [0.717, 1.165) is 38.3 Å². The van der Waals surface area contributed by atoms with Gasteiger partial charge in [-0.1, -0.05) is 90.9 Å². The molecule has 0 unspecified atom stereocenters. The third kappa shape index (κ3) is 23.4. The minimum Gasteiger partial charge on any atom is -0.356 e. The first-order valence-corrected chi connectivity index (χ1v) is 11.9. The summed E-state index contributed by atoms with van der Waals surface area (Å²) in [4.78, 5) is 13.9. The van der Waals surface area contributed by atoms with E-state index in [9.17, 15) is 4.79 Å². The van der Waals surface area contributed by atoms with Gasteiger partial charge in [-0.15, -0.1) is 0 Å². The van der Waals surface area contributed by atoms with E-state index in [1.54, 1.807) is 0 Å². The van der Waals surface area contributed by atoms with Crippen molar-refractivity contribution >= 4 is 5.91 Å². The van der Waals surface area contributed by atoms with Crippen LogP contribution >= 0.6 is 0 Å². The van der Waals surface area contributed by atoms with Crippen LogP contribution in [0.3, 0.4) is 0 Å². The Balaban J connectivity index is 3.14. The number of hydrogen-bond acceptors (Lipinski definition) is 2. The lowest BCUT2D eigenvalue weighted by molar-refractivity contribution is -0.121. The molecule has 0 aromatic carbocycles. The van der Waals surface area contributed by atoms with Gasteiger partial charge in [0.1, 0.15) is 0 Å². The van der Waals surface area contributed by atoms with Gasteiger partial charge in [-0.2, -0.15) is 0 Å². The molecule has 0 aliphatic rings. The van der Waals surface area contributed by atoms with Crippen LogP contribution in [0.1, 0.15) is 117 Å². The van der Waals surface area contributed by atoms with Crippen molar-refractivity contribution in [3.8, 4) is 0 Å². The van der Waals surface area contributed by atoms with Crippen LogP contribution in [0, 0.1) is 5.92 Å². The minimum absolute atomic E-state index is 0.244. The Morgan fingerprint density at radius 1 is 0.704 bits per heavy atom. The second-order valence-corrected chi connectivity index (χ2v) is 9.04. The quantitative estimate of drug-likeness (QED) is 0.242. The molecule has 0 aliphatic heterocycles. The van der Waals surface area contributed by atoms with Gasteiger partial charge in [0.15, 0.2) is 0 Å². The fourth-order valence-corrected chi connectivity index (χ4v) is 3.48. The van der Waals surface area contributed by atoms with E-state index in [1.807, 2.05) is 0 Å². The zero-order chi connectivity index (χ0) is 20.2. The van der Waals surface area contributed by atoms with Gasteiger partial charge in [0.2, 0.25) is 5.91 Å². The summed E-state index contributed by atoms with van der Waals surface area (Å²) in [5, 5.41) is 3.05. The number of carbonyl (C=O) groups excluding carboxylic acids is 1. The van der Waals surface area contributed by atoms with Crippen LogP contribution in [0.2, 0.25) is 0 Å². The van der Waals surface area contributed by atoms with Crippen molar-refractivity contribution in [2.24, 2.45) is 5.92 Å². The van der Waals surface area contributed by atoms with Gasteiger partial charge >= 0.3 is 0 Å². The summed E-state index contributed by atoms with van der Waals surface area (Å²) < 4.78 is 0. The molecule has 0 saturated carbocycles. The lowest BCUT2D eigenvalue weighted by atomic mass is 10.0. The molecule has 0 bridgehead atoms. The largest absolute Gasteiger partial charge is 0.356 e. The summed E-state index contributed by atoms with van der Waals surface area (Å²) in [7, 11) is 4.18. The second kappa shape index (κ2) is 20.2. The number of amides is 1. The molecule has 0 atom stereocenters. The molecule has 1 N–H and O–H groups in total. The van der Waals surface area contributed by atoms with Crippen molar-refractivity contribution in [1.29, 1.82) is 0 Å². The molecule has 0 aliphatic carbocycles. The van der Waals surface area contributed by atoms with Crippen molar-refractivity contribution in [3.05, 3.63) is 0 Å². The van der Waals surface area contributed by atoms with Crippen LogP contribution in [0.5, 0.6) is 0 Å². The SMILES string of the molecule is CC(C)CCCCCCCCCCCCCCC(=O)NCCCCN(C)C. The zero-order valence-electron chi connectivity index (χ0n) is 19.2. The summed E-state index contributed by atoms with van der Waals surface area (Å²) in [5.74, 6) is 1.12. The van der Waals surface area contributed by atoms with Crippen LogP contribution in [-0.4, -0.2) is 38.0 Å². The van der Waals surface area contributed by atoms with Gasteiger partial charge in [-0.25, -0.2) is 0 Å². The summed E-state index contributed by atoms with van der Waals surface area (Å²) in [5.41, 5.74) is 0. The smallest absolute Gasteiger partial charge is 0.219 e. The first kappa shape index (κ1) is 26.4. The molecule has 3 heteroatoms. The van der Waals surface area contributed by atoms with Crippen LogP contribution in [0.15, 0.2) is 0 Å². The molecule has 0 fully saturated rings.